The Morgan fingerprint density at radius 3 is 2.65 bits per heavy atom. The van der Waals surface area contributed by atoms with Crippen molar-refractivity contribution in [1.29, 1.82) is 0 Å². The molecule has 0 saturated carbocycles. The van der Waals surface area contributed by atoms with E-state index in [1.165, 1.54) is 11.6 Å². The van der Waals surface area contributed by atoms with Gasteiger partial charge in [0.25, 0.3) is 0 Å². The van der Waals surface area contributed by atoms with Crippen LogP contribution in [0.1, 0.15) is 23.0 Å². The van der Waals surface area contributed by atoms with Gasteiger partial charge in [-0.25, -0.2) is 9.78 Å². The summed E-state index contributed by atoms with van der Waals surface area (Å²) >= 11 is 0. The molecule has 2 aromatic rings. The molecule has 1 atom stereocenters. The smallest absolute Gasteiger partial charge is 0.354 e. The number of nitrogens with two attached hydrogens (primary N) is 1. The number of nitrogens with zero attached hydrogens (tertiary/aromatic N) is 1. The minimum Gasteiger partial charge on any atom is -0.477 e. The standard InChI is InChI=1S/C15H17N3O2/c1-10(9-11-5-3-2-4-6-11)17-14-12(16)7-8-13(18-14)15(19)20/h2-8,10H,9,16H2,1H3,(H,17,18)(H,19,20). The van der Waals surface area contributed by atoms with E-state index in [4.69, 9.17) is 10.8 Å². The molecule has 0 spiro atoms. The third-order valence-electron chi connectivity index (χ3n) is 2.91. The molecule has 104 valence electrons. The number of hydrogen-bond donors (Lipinski definition) is 3. The van der Waals surface area contributed by atoms with Crippen molar-refractivity contribution in [2.75, 3.05) is 11.1 Å². The number of carbonyl (C=O) groups is 1. The zero-order valence-electron chi connectivity index (χ0n) is 11.2. The van der Waals surface area contributed by atoms with Gasteiger partial charge in [0.05, 0.1) is 5.69 Å². The van der Waals surface area contributed by atoms with Crippen molar-refractivity contribution in [3.63, 3.8) is 0 Å². The van der Waals surface area contributed by atoms with Crippen LogP contribution in [0.5, 0.6) is 0 Å². The van der Waals surface area contributed by atoms with Crippen LogP contribution in [0, 0.1) is 0 Å². The Labute approximate surface area is 117 Å². The zero-order valence-corrected chi connectivity index (χ0v) is 11.2. The van der Waals surface area contributed by atoms with Crippen molar-refractivity contribution in [1.82, 2.24) is 4.98 Å². The van der Waals surface area contributed by atoms with Crippen molar-refractivity contribution < 1.29 is 9.90 Å². The summed E-state index contributed by atoms with van der Waals surface area (Å²) in [6.45, 7) is 2.00. The highest BCUT2D eigenvalue weighted by Crippen LogP contribution is 2.18. The number of aromatic carboxylic acids is 1. The highest BCUT2D eigenvalue weighted by Gasteiger charge is 2.11. The van der Waals surface area contributed by atoms with E-state index in [-0.39, 0.29) is 11.7 Å². The number of hydrogen-bond acceptors (Lipinski definition) is 4. The zero-order chi connectivity index (χ0) is 14.5. The lowest BCUT2D eigenvalue weighted by molar-refractivity contribution is 0.0690. The van der Waals surface area contributed by atoms with E-state index < -0.39 is 5.97 Å². The van der Waals surface area contributed by atoms with Gasteiger partial charge in [0.1, 0.15) is 5.82 Å². The summed E-state index contributed by atoms with van der Waals surface area (Å²) in [7, 11) is 0. The lowest BCUT2D eigenvalue weighted by atomic mass is 10.1. The molecule has 20 heavy (non-hydrogen) atoms. The topological polar surface area (TPSA) is 88.2 Å². The van der Waals surface area contributed by atoms with E-state index in [1.807, 2.05) is 37.3 Å². The summed E-state index contributed by atoms with van der Waals surface area (Å²) in [5.74, 6) is -0.655. The maximum Gasteiger partial charge on any atom is 0.354 e. The molecule has 0 aliphatic heterocycles. The molecule has 0 saturated heterocycles. The van der Waals surface area contributed by atoms with E-state index in [1.54, 1.807) is 6.07 Å². The molecule has 0 radical (unpaired) electrons. The molecule has 2 rings (SSSR count). The van der Waals surface area contributed by atoms with Gasteiger partial charge >= 0.3 is 5.97 Å². The molecular formula is C15H17N3O2. The van der Waals surface area contributed by atoms with Gasteiger partial charge in [-0.1, -0.05) is 30.3 Å². The van der Waals surface area contributed by atoms with E-state index in [0.29, 0.717) is 11.5 Å². The fraction of sp³-hybridized carbons (Fsp3) is 0.200. The number of benzene rings is 1. The third kappa shape index (κ3) is 3.47. The Hall–Kier alpha value is -2.56. The average molecular weight is 271 g/mol. The second-order valence-corrected chi connectivity index (χ2v) is 4.67. The first-order valence-corrected chi connectivity index (χ1v) is 6.36. The molecule has 4 N–H and O–H groups in total. The van der Waals surface area contributed by atoms with E-state index >= 15 is 0 Å². The van der Waals surface area contributed by atoms with Gasteiger partial charge < -0.3 is 16.2 Å². The normalized spacial score (nSPS) is 11.8. The molecule has 1 aromatic carbocycles. The molecule has 0 bridgehead atoms. The van der Waals surface area contributed by atoms with Crippen LogP contribution in [-0.2, 0) is 6.42 Å². The Bertz CT molecular complexity index is 599. The van der Waals surface area contributed by atoms with Gasteiger partial charge in [0.15, 0.2) is 5.69 Å². The van der Waals surface area contributed by atoms with Gasteiger partial charge in [-0.3, -0.25) is 0 Å². The van der Waals surface area contributed by atoms with Crippen LogP contribution < -0.4 is 11.1 Å². The molecule has 0 amide bonds. The minimum atomic E-state index is -1.07. The van der Waals surface area contributed by atoms with E-state index in [9.17, 15) is 4.79 Å². The van der Waals surface area contributed by atoms with Crippen molar-refractivity contribution in [3.05, 3.63) is 53.7 Å². The molecule has 0 fully saturated rings. The molecule has 1 heterocycles. The summed E-state index contributed by atoms with van der Waals surface area (Å²) in [5.41, 5.74) is 7.43. The summed E-state index contributed by atoms with van der Waals surface area (Å²) in [6, 6.07) is 13.1. The van der Waals surface area contributed by atoms with Gasteiger partial charge in [-0.2, -0.15) is 0 Å². The molecule has 5 nitrogen and oxygen atoms in total. The molecule has 5 heteroatoms. The van der Waals surface area contributed by atoms with Gasteiger partial charge in [-0.05, 0) is 31.0 Å². The summed E-state index contributed by atoms with van der Waals surface area (Å²) < 4.78 is 0. The second-order valence-electron chi connectivity index (χ2n) is 4.67. The van der Waals surface area contributed by atoms with Crippen LogP contribution >= 0.6 is 0 Å². The van der Waals surface area contributed by atoms with Gasteiger partial charge in [0, 0.05) is 6.04 Å². The first kappa shape index (κ1) is 13.9. The van der Waals surface area contributed by atoms with Crippen LogP contribution in [0.4, 0.5) is 11.5 Å². The van der Waals surface area contributed by atoms with Crippen molar-refractivity contribution in [3.8, 4) is 0 Å². The lowest BCUT2D eigenvalue weighted by Crippen LogP contribution is -2.20. The maximum atomic E-state index is 10.9. The minimum absolute atomic E-state index is 0.0198. The SMILES string of the molecule is CC(Cc1ccccc1)Nc1nc(C(=O)O)ccc1N. The predicted molar refractivity (Wildman–Crippen MR) is 78.8 cm³/mol. The number of carboxylic acids is 1. The monoisotopic (exact) mass is 271 g/mol. The summed E-state index contributed by atoms with van der Waals surface area (Å²) in [5, 5.41) is 12.1. The molecular weight excluding hydrogens is 254 g/mol. The number of carboxylic acid groups (broad SMARTS) is 1. The Morgan fingerprint density at radius 2 is 2.00 bits per heavy atom. The first-order valence-electron chi connectivity index (χ1n) is 6.36. The second kappa shape index (κ2) is 6.06. The number of nitrogen functional groups attached to an aromatic ring is 1. The number of rotatable bonds is 5. The van der Waals surface area contributed by atoms with Crippen LogP contribution in [0.25, 0.3) is 0 Å². The summed E-state index contributed by atoms with van der Waals surface area (Å²) in [4.78, 5) is 14.9. The summed E-state index contributed by atoms with van der Waals surface area (Å²) in [6.07, 6.45) is 0.805. The largest absolute Gasteiger partial charge is 0.477 e. The van der Waals surface area contributed by atoms with Crippen molar-refractivity contribution >= 4 is 17.5 Å². The van der Waals surface area contributed by atoms with E-state index in [0.717, 1.165) is 6.42 Å². The Kier molecular flexibility index (Phi) is 4.20. The van der Waals surface area contributed by atoms with Crippen LogP contribution in [-0.4, -0.2) is 22.1 Å². The highest BCUT2D eigenvalue weighted by atomic mass is 16.4. The molecule has 1 aromatic heterocycles. The molecule has 0 aliphatic carbocycles. The third-order valence-corrected chi connectivity index (χ3v) is 2.91. The number of pyridine rings is 1. The fourth-order valence-corrected chi connectivity index (χ4v) is 1.96. The van der Waals surface area contributed by atoms with Crippen molar-refractivity contribution in [2.45, 2.75) is 19.4 Å². The highest BCUT2D eigenvalue weighted by molar-refractivity contribution is 5.86. The lowest BCUT2D eigenvalue weighted by Gasteiger charge is -2.16. The van der Waals surface area contributed by atoms with Crippen LogP contribution in [0.3, 0.4) is 0 Å². The Morgan fingerprint density at radius 1 is 1.30 bits per heavy atom. The maximum absolute atomic E-state index is 10.9. The Balaban J connectivity index is 2.09. The van der Waals surface area contributed by atoms with Crippen LogP contribution in [0.15, 0.2) is 42.5 Å². The predicted octanol–water partition coefficient (Wildman–Crippen LogP) is 2.41. The van der Waals surface area contributed by atoms with Crippen molar-refractivity contribution in [2.24, 2.45) is 0 Å². The number of aromatic nitrogens is 1. The van der Waals surface area contributed by atoms with E-state index in [2.05, 4.69) is 10.3 Å². The van der Waals surface area contributed by atoms with Gasteiger partial charge in [0.2, 0.25) is 0 Å². The number of nitrogens with one attached hydrogen (secondary N) is 1. The first-order chi connectivity index (χ1) is 9.56. The number of anilines is 2. The van der Waals surface area contributed by atoms with Crippen LogP contribution in [0.2, 0.25) is 0 Å². The van der Waals surface area contributed by atoms with Gasteiger partial charge in [-0.15, -0.1) is 0 Å². The fourth-order valence-electron chi connectivity index (χ4n) is 1.96. The average Bonchev–Trinajstić information content (AvgIpc) is 2.42. The molecule has 1 unspecified atom stereocenters. The molecule has 0 aliphatic rings. The quantitative estimate of drug-likeness (QED) is 0.777.